The second kappa shape index (κ2) is 11.9. The summed E-state index contributed by atoms with van der Waals surface area (Å²) in [6, 6.07) is 5.89. The van der Waals surface area contributed by atoms with Crippen molar-refractivity contribution in [2.45, 2.75) is 51.7 Å². The molecular weight excluding hydrogens is 460 g/mol. The Morgan fingerprint density at radius 3 is 2.61 bits per heavy atom. The van der Waals surface area contributed by atoms with Gasteiger partial charge in [0.2, 0.25) is 5.95 Å². The zero-order chi connectivity index (χ0) is 25.5. The summed E-state index contributed by atoms with van der Waals surface area (Å²) in [6.07, 6.45) is 5.29. The summed E-state index contributed by atoms with van der Waals surface area (Å²) < 4.78 is 16.8. The lowest BCUT2D eigenvalue weighted by Crippen LogP contribution is -2.36. The summed E-state index contributed by atoms with van der Waals surface area (Å²) in [7, 11) is 1.34. The highest BCUT2D eigenvalue weighted by atomic mass is 16.5. The van der Waals surface area contributed by atoms with Crippen LogP contribution in [0.25, 0.3) is 0 Å². The topological polar surface area (TPSA) is 111 Å². The Balaban J connectivity index is 1.44. The van der Waals surface area contributed by atoms with Gasteiger partial charge in [-0.25, -0.2) is 14.8 Å². The van der Waals surface area contributed by atoms with Crippen LogP contribution < -0.4 is 15.0 Å². The van der Waals surface area contributed by atoms with Crippen LogP contribution in [0.5, 0.6) is 5.75 Å². The fourth-order valence-electron chi connectivity index (χ4n) is 4.60. The number of aryl methyl sites for hydroxylation is 1. The minimum absolute atomic E-state index is 0.0472. The largest absolute Gasteiger partial charge is 0.488 e. The minimum atomic E-state index is -0.474. The summed E-state index contributed by atoms with van der Waals surface area (Å²) in [6.45, 7) is 10.5. The van der Waals surface area contributed by atoms with E-state index in [0.29, 0.717) is 36.3 Å². The molecule has 0 amide bonds. The number of anilines is 2. The van der Waals surface area contributed by atoms with Gasteiger partial charge >= 0.3 is 5.97 Å². The zero-order valence-electron chi connectivity index (χ0n) is 21.2. The smallest absolute Gasteiger partial charge is 0.356 e. The van der Waals surface area contributed by atoms with Crippen LogP contribution in [0.2, 0.25) is 0 Å². The minimum Gasteiger partial charge on any atom is -0.488 e. The molecule has 4 rings (SSSR count). The number of ether oxygens (including phenoxy) is 3. The maximum Gasteiger partial charge on any atom is 0.356 e. The SMILES string of the molecule is C=Nc1c(/N=C\C)cc(N2CCOCC2)cc1O[C@H]1CC[C@@H](Nc2nc(C)cc(C(=O)OC)n2)CC1. The molecule has 2 aliphatic rings. The molecule has 1 aliphatic carbocycles. The molecule has 1 aromatic carbocycles. The van der Waals surface area contributed by atoms with Crippen LogP contribution in [0.4, 0.5) is 23.0 Å². The van der Waals surface area contributed by atoms with Crippen molar-refractivity contribution in [3.05, 3.63) is 29.6 Å². The van der Waals surface area contributed by atoms with Crippen LogP contribution in [0.3, 0.4) is 0 Å². The number of aliphatic imine (C=N–C) groups is 2. The van der Waals surface area contributed by atoms with Crippen LogP contribution in [0.1, 0.15) is 48.8 Å². The lowest BCUT2D eigenvalue weighted by molar-refractivity contribution is 0.0593. The third-order valence-corrected chi connectivity index (χ3v) is 6.39. The van der Waals surface area contributed by atoms with Crippen molar-refractivity contribution < 1.29 is 19.0 Å². The molecule has 0 unspecified atom stereocenters. The Bertz CT molecular complexity index is 1110. The van der Waals surface area contributed by atoms with Gasteiger partial charge in [0.1, 0.15) is 11.4 Å². The fraction of sp³-hybridized carbons (Fsp3) is 0.500. The van der Waals surface area contributed by atoms with Crippen molar-refractivity contribution >= 4 is 41.9 Å². The number of hydrogen-bond acceptors (Lipinski definition) is 10. The zero-order valence-corrected chi connectivity index (χ0v) is 21.2. The number of nitrogens with zero attached hydrogens (tertiary/aromatic N) is 5. The number of aromatic nitrogens is 2. The highest BCUT2D eigenvalue weighted by Gasteiger charge is 2.25. The Morgan fingerprint density at radius 1 is 1.19 bits per heavy atom. The quantitative estimate of drug-likeness (QED) is 0.428. The predicted octanol–water partition coefficient (Wildman–Crippen LogP) is 4.26. The number of benzene rings is 1. The number of carbonyl (C=O) groups excluding carboxylic acids is 1. The second-order valence-corrected chi connectivity index (χ2v) is 8.90. The van der Waals surface area contributed by atoms with E-state index in [1.807, 2.05) is 26.0 Å². The second-order valence-electron chi connectivity index (χ2n) is 8.90. The molecule has 192 valence electrons. The average molecular weight is 495 g/mol. The summed E-state index contributed by atoms with van der Waals surface area (Å²) in [5.74, 6) is 0.673. The van der Waals surface area contributed by atoms with Crippen molar-refractivity contribution in [3.8, 4) is 5.75 Å². The molecule has 2 fully saturated rings. The Labute approximate surface area is 211 Å². The number of methoxy groups -OCH3 is 1. The van der Waals surface area contributed by atoms with E-state index in [1.54, 1.807) is 12.3 Å². The van der Waals surface area contributed by atoms with Crippen molar-refractivity contribution in [1.29, 1.82) is 0 Å². The third-order valence-electron chi connectivity index (χ3n) is 6.39. The average Bonchev–Trinajstić information content (AvgIpc) is 2.89. The molecule has 1 saturated carbocycles. The van der Waals surface area contributed by atoms with Gasteiger partial charge in [0.15, 0.2) is 5.69 Å². The van der Waals surface area contributed by atoms with E-state index in [2.05, 4.69) is 36.9 Å². The summed E-state index contributed by atoms with van der Waals surface area (Å²) in [5, 5.41) is 3.37. The molecule has 2 aromatic rings. The molecule has 1 aliphatic heterocycles. The Kier molecular flexibility index (Phi) is 8.48. The van der Waals surface area contributed by atoms with E-state index in [9.17, 15) is 4.79 Å². The summed E-state index contributed by atoms with van der Waals surface area (Å²) in [5.41, 5.74) is 3.42. The predicted molar refractivity (Wildman–Crippen MR) is 141 cm³/mol. The Hall–Kier alpha value is -3.53. The van der Waals surface area contributed by atoms with E-state index in [1.165, 1.54) is 7.11 Å². The maximum absolute atomic E-state index is 11.9. The van der Waals surface area contributed by atoms with Crippen LogP contribution in [-0.4, -0.2) is 74.4 Å². The van der Waals surface area contributed by atoms with E-state index in [-0.39, 0.29) is 17.8 Å². The number of hydrogen-bond donors (Lipinski definition) is 1. The van der Waals surface area contributed by atoms with Crippen molar-refractivity contribution in [3.63, 3.8) is 0 Å². The molecular formula is C26H34N6O4. The van der Waals surface area contributed by atoms with Gasteiger partial charge in [0, 0.05) is 42.8 Å². The van der Waals surface area contributed by atoms with Gasteiger partial charge in [-0.15, -0.1) is 0 Å². The first-order valence-electron chi connectivity index (χ1n) is 12.3. The van der Waals surface area contributed by atoms with Gasteiger partial charge in [-0.3, -0.25) is 9.98 Å². The van der Waals surface area contributed by atoms with Crippen LogP contribution in [0.15, 0.2) is 28.2 Å². The standard InChI is InChI=1S/C26H34N6O4/c1-5-28-21-15-19(32-10-12-35-13-11-32)16-23(24(21)27-3)36-20-8-6-18(7-9-20)30-26-29-17(2)14-22(31-26)25(33)34-4/h5,14-16,18,20H,3,6-13H2,1-2,4H3,(H,29,30,31)/b28-5-/t18-,20+. The highest BCUT2D eigenvalue weighted by Crippen LogP contribution is 2.43. The lowest BCUT2D eigenvalue weighted by Gasteiger charge is -2.32. The molecule has 36 heavy (non-hydrogen) atoms. The molecule has 0 radical (unpaired) electrons. The molecule has 1 aromatic heterocycles. The number of carbonyl (C=O) groups is 1. The van der Waals surface area contributed by atoms with Crippen LogP contribution in [0, 0.1) is 6.92 Å². The molecule has 1 N–H and O–H groups in total. The highest BCUT2D eigenvalue weighted by molar-refractivity contribution is 5.87. The lowest BCUT2D eigenvalue weighted by atomic mass is 9.93. The molecule has 2 heterocycles. The normalized spacial score (nSPS) is 20.2. The fourth-order valence-corrected chi connectivity index (χ4v) is 4.60. The van der Waals surface area contributed by atoms with Gasteiger partial charge in [0.25, 0.3) is 0 Å². The summed E-state index contributed by atoms with van der Waals surface area (Å²) >= 11 is 0. The molecule has 0 bridgehead atoms. The molecule has 1 saturated heterocycles. The number of morpholine rings is 1. The van der Waals surface area contributed by atoms with E-state index in [0.717, 1.165) is 50.1 Å². The number of esters is 1. The first-order valence-corrected chi connectivity index (χ1v) is 12.3. The van der Waals surface area contributed by atoms with Gasteiger partial charge in [-0.2, -0.15) is 0 Å². The first kappa shape index (κ1) is 25.6. The van der Waals surface area contributed by atoms with Crippen LogP contribution in [-0.2, 0) is 9.47 Å². The molecule has 0 spiro atoms. The van der Waals surface area contributed by atoms with E-state index < -0.39 is 5.97 Å². The number of rotatable bonds is 8. The molecule has 10 nitrogen and oxygen atoms in total. The van der Waals surface area contributed by atoms with E-state index in [4.69, 9.17) is 14.2 Å². The monoisotopic (exact) mass is 494 g/mol. The van der Waals surface area contributed by atoms with Gasteiger partial charge < -0.3 is 24.4 Å². The van der Waals surface area contributed by atoms with Gasteiger partial charge in [0.05, 0.1) is 32.1 Å². The molecule has 10 heteroatoms. The van der Waals surface area contributed by atoms with Crippen molar-refractivity contribution in [2.24, 2.45) is 9.98 Å². The van der Waals surface area contributed by atoms with Crippen LogP contribution >= 0.6 is 0 Å². The Morgan fingerprint density at radius 2 is 1.94 bits per heavy atom. The number of nitrogens with one attached hydrogen (secondary N) is 1. The van der Waals surface area contributed by atoms with Crippen molar-refractivity contribution in [2.75, 3.05) is 43.6 Å². The first-order chi connectivity index (χ1) is 17.5. The molecule has 0 atom stereocenters. The van der Waals surface area contributed by atoms with Gasteiger partial charge in [-0.05, 0) is 58.4 Å². The summed E-state index contributed by atoms with van der Waals surface area (Å²) in [4.78, 5) is 31.7. The maximum atomic E-state index is 11.9. The third kappa shape index (κ3) is 6.17. The van der Waals surface area contributed by atoms with Crippen molar-refractivity contribution in [1.82, 2.24) is 9.97 Å². The van der Waals surface area contributed by atoms with E-state index >= 15 is 0 Å². The van der Waals surface area contributed by atoms with Gasteiger partial charge in [-0.1, -0.05) is 0 Å².